The first-order valence-electron chi connectivity index (χ1n) is 5.21. The Bertz CT molecular complexity index is 209. The van der Waals surface area contributed by atoms with Crippen molar-refractivity contribution in [3.05, 3.63) is 0 Å². The second-order valence-corrected chi connectivity index (χ2v) is 5.83. The molecular weight excluding hydrogens is 248 g/mol. The molecule has 4 nitrogen and oxygen atoms in total. The van der Waals surface area contributed by atoms with Gasteiger partial charge in [0, 0.05) is 11.5 Å². The van der Waals surface area contributed by atoms with Crippen LogP contribution in [0.2, 0.25) is 0 Å². The van der Waals surface area contributed by atoms with Crippen LogP contribution in [0.1, 0.15) is 26.7 Å². The summed E-state index contributed by atoms with van der Waals surface area (Å²) in [5.41, 5.74) is 0. The topological polar surface area (TPSA) is 74.6 Å². The van der Waals surface area contributed by atoms with E-state index < -0.39 is 11.9 Å². The first kappa shape index (κ1) is 15.6. The summed E-state index contributed by atoms with van der Waals surface area (Å²) in [7, 11) is 0. The molecule has 0 aromatic heterocycles. The van der Waals surface area contributed by atoms with Gasteiger partial charge >= 0.3 is 11.9 Å². The molecule has 0 aliphatic carbocycles. The highest BCUT2D eigenvalue weighted by Crippen LogP contribution is 2.20. The molecule has 0 saturated carbocycles. The van der Waals surface area contributed by atoms with Crippen molar-refractivity contribution in [2.45, 2.75) is 37.2 Å². The van der Waals surface area contributed by atoms with Crippen molar-refractivity contribution in [2.75, 3.05) is 11.5 Å². The van der Waals surface area contributed by atoms with Gasteiger partial charge in [0.25, 0.3) is 0 Å². The first-order chi connectivity index (χ1) is 7.52. The third kappa shape index (κ3) is 6.27. The molecule has 0 saturated heterocycles. The Morgan fingerprint density at radius 1 is 0.938 bits per heavy atom. The van der Waals surface area contributed by atoms with Gasteiger partial charge in [0.2, 0.25) is 0 Å². The molecule has 2 N–H and O–H groups in total. The number of carboxylic acid groups (broad SMARTS) is 2. The van der Waals surface area contributed by atoms with Gasteiger partial charge in [-0.2, -0.15) is 0 Å². The average molecular weight is 266 g/mol. The van der Waals surface area contributed by atoms with E-state index in [1.54, 1.807) is 0 Å². The Balaban J connectivity index is 3.73. The van der Waals surface area contributed by atoms with Crippen LogP contribution in [0.3, 0.4) is 0 Å². The SMILES string of the molecule is CCC(SCCSC(CC)C(=O)O)C(=O)O. The highest BCUT2D eigenvalue weighted by atomic mass is 32.2. The van der Waals surface area contributed by atoms with E-state index >= 15 is 0 Å². The van der Waals surface area contributed by atoms with Crippen LogP contribution in [0.4, 0.5) is 0 Å². The van der Waals surface area contributed by atoms with E-state index in [4.69, 9.17) is 10.2 Å². The van der Waals surface area contributed by atoms with Crippen LogP contribution in [0.25, 0.3) is 0 Å². The van der Waals surface area contributed by atoms with Crippen LogP contribution in [-0.2, 0) is 9.59 Å². The molecule has 0 spiro atoms. The maximum absolute atomic E-state index is 10.7. The summed E-state index contributed by atoms with van der Waals surface area (Å²) >= 11 is 2.76. The zero-order valence-electron chi connectivity index (χ0n) is 9.51. The van der Waals surface area contributed by atoms with Gasteiger partial charge in [-0.25, -0.2) is 0 Å². The minimum Gasteiger partial charge on any atom is -0.480 e. The zero-order valence-corrected chi connectivity index (χ0v) is 11.1. The lowest BCUT2D eigenvalue weighted by molar-refractivity contribution is -0.137. The molecule has 0 aliphatic rings. The molecule has 0 aliphatic heterocycles. The second kappa shape index (κ2) is 8.75. The van der Waals surface area contributed by atoms with Gasteiger partial charge < -0.3 is 10.2 Å². The number of hydrogen-bond donors (Lipinski definition) is 2. The zero-order chi connectivity index (χ0) is 12.6. The van der Waals surface area contributed by atoms with Crippen LogP contribution in [0, 0.1) is 0 Å². The molecule has 0 aromatic rings. The lowest BCUT2D eigenvalue weighted by atomic mass is 10.3. The summed E-state index contributed by atoms with van der Waals surface area (Å²) in [6.45, 7) is 3.68. The number of thioether (sulfide) groups is 2. The first-order valence-corrected chi connectivity index (χ1v) is 7.31. The molecule has 6 heteroatoms. The molecule has 0 aromatic carbocycles. The van der Waals surface area contributed by atoms with Gasteiger partial charge in [-0.3, -0.25) is 9.59 Å². The Morgan fingerprint density at radius 2 is 1.25 bits per heavy atom. The van der Waals surface area contributed by atoms with Crippen molar-refractivity contribution in [2.24, 2.45) is 0 Å². The number of carbonyl (C=O) groups is 2. The van der Waals surface area contributed by atoms with Gasteiger partial charge in [0.15, 0.2) is 0 Å². The summed E-state index contributed by atoms with van der Waals surface area (Å²) in [5.74, 6) is -0.219. The summed E-state index contributed by atoms with van der Waals surface area (Å²) in [5, 5.41) is 16.8. The predicted octanol–water partition coefficient (Wildman–Crippen LogP) is 2.18. The lowest BCUT2D eigenvalue weighted by Gasteiger charge is -2.11. The summed E-state index contributed by atoms with van der Waals surface area (Å²) in [4.78, 5) is 21.4. The standard InChI is InChI=1S/C10H18O4S2/c1-3-7(9(11)12)15-5-6-16-8(4-2)10(13)14/h7-8H,3-6H2,1-2H3,(H,11,12)(H,13,14). The molecule has 0 amide bonds. The Hall–Kier alpha value is -0.360. The highest BCUT2D eigenvalue weighted by Gasteiger charge is 2.17. The monoisotopic (exact) mass is 266 g/mol. The molecule has 0 bridgehead atoms. The van der Waals surface area contributed by atoms with E-state index in [1.807, 2.05) is 13.8 Å². The molecule has 16 heavy (non-hydrogen) atoms. The van der Waals surface area contributed by atoms with Crippen LogP contribution in [0.5, 0.6) is 0 Å². The Kier molecular flexibility index (Phi) is 8.56. The third-order valence-electron chi connectivity index (χ3n) is 2.01. The third-order valence-corrected chi connectivity index (χ3v) is 5.03. The summed E-state index contributed by atoms with van der Waals surface area (Å²) in [6.07, 6.45) is 1.20. The van der Waals surface area contributed by atoms with E-state index in [2.05, 4.69) is 0 Å². The van der Waals surface area contributed by atoms with Crippen LogP contribution in [-0.4, -0.2) is 44.2 Å². The fourth-order valence-electron chi connectivity index (χ4n) is 1.11. The van der Waals surface area contributed by atoms with E-state index in [1.165, 1.54) is 23.5 Å². The van der Waals surface area contributed by atoms with E-state index in [-0.39, 0.29) is 10.5 Å². The van der Waals surface area contributed by atoms with Gasteiger partial charge in [-0.15, -0.1) is 23.5 Å². The maximum atomic E-state index is 10.7. The Morgan fingerprint density at radius 3 is 1.44 bits per heavy atom. The summed E-state index contributed by atoms with van der Waals surface area (Å²) in [6, 6.07) is 0. The summed E-state index contributed by atoms with van der Waals surface area (Å²) < 4.78 is 0. The van der Waals surface area contributed by atoms with E-state index in [0.29, 0.717) is 24.3 Å². The second-order valence-electron chi connectivity index (χ2n) is 3.21. The van der Waals surface area contributed by atoms with E-state index in [0.717, 1.165) is 0 Å². The maximum Gasteiger partial charge on any atom is 0.316 e. The van der Waals surface area contributed by atoms with Crippen LogP contribution >= 0.6 is 23.5 Å². The van der Waals surface area contributed by atoms with Crippen LogP contribution in [0.15, 0.2) is 0 Å². The van der Waals surface area contributed by atoms with E-state index in [9.17, 15) is 9.59 Å². The minimum absolute atomic E-state index is 0.370. The molecule has 0 rings (SSSR count). The van der Waals surface area contributed by atoms with Gasteiger partial charge in [-0.05, 0) is 12.8 Å². The van der Waals surface area contributed by atoms with Crippen molar-refractivity contribution in [1.29, 1.82) is 0 Å². The number of carboxylic acids is 2. The average Bonchev–Trinajstić information content (AvgIpc) is 2.22. The lowest BCUT2D eigenvalue weighted by Crippen LogP contribution is -2.18. The number of aliphatic carboxylic acids is 2. The molecule has 0 fully saturated rings. The molecule has 0 heterocycles. The van der Waals surface area contributed by atoms with Gasteiger partial charge in [-0.1, -0.05) is 13.8 Å². The number of rotatable bonds is 9. The minimum atomic E-state index is -0.789. The molecule has 94 valence electrons. The predicted molar refractivity (Wildman–Crippen MR) is 68.3 cm³/mol. The smallest absolute Gasteiger partial charge is 0.316 e. The molecule has 2 atom stereocenters. The highest BCUT2D eigenvalue weighted by molar-refractivity contribution is 8.04. The van der Waals surface area contributed by atoms with Crippen molar-refractivity contribution in [3.63, 3.8) is 0 Å². The van der Waals surface area contributed by atoms with Gasteiger partial charge in [0.1, 0.15) is 10.5 Å². The Labute approximate surface area is 104 Å². The van der Waals surface area contributed by atoms with Crippen molar-refractivity contribution in [3.8, 4) is 0 Å². The largest absolute Gasteiger partial charge is 0.480 e. The van der Waals surface area contributed by atoms with Crippen molar-refractivity contribution < 1.29 is 19.8 Å². The molecule has 2 unspecified atom stereocenters. The molecular formula is C10H18O4S2. The fraction of sp³-hybridized carbons (Fsp3) is 0.800. The van der Waals surface area contributed by atoms with Crippen LogP contribution < -0.4 is 0 Å². The normalized spacial score (nSPS) is 14.4. The fourth-order valence-corrected chi connectivity index (χ4v) is 3.20. The van der Waals surface area contributed by atoms with Gasteiger partial charge in [0.05, 0.1) is 0 Å². The quantitative estimate of drug-likeness (QED) is 0.623. The van der Waals surface area contributed by atoms with Crippen molar-refractivity contribution >= 4 is 35.5 Å². The molecule has 0 radical (unpaired) electrons. The van der Waals surface area contributed by atoms with Crippen molar-refractivity contribution in [1.82, 2.24) is 0 Å². The number of hydrogen-bond acceptors (Lipinski definition) is 4.